The molecule has 1 unspecified atom stereocenters. The zero-order valence-corrected chi connectivity index (χ0v) is 17.3. The van der Waals surface area contributed by atoms with Gasteiger partial charge in [0.2, 0.25) is 5.91 Å². The molecule has 1 aliphatic carbocycles. The van der Waals surface area contributed by atoms with Crippen molar-refractivity contribution < 1.29 is 14.3 Å². The number of hydrogen-bond donors (Lipinski definition) is 1. The summed E-state index contributed by atoms with van der Waals surface area (Å²) in [6.45, 7) is 5.70. The molecule has 0 bridgehead atoms. The van der Waals surface area contributed by atoms with Gasteiger partial charge in [0.15, 0.2) is 0 Å². The number of aromatic nitrogens is 4. The van der Waals surface area contributed by atoms with Crippen molar-refractivity contribution in [3.8, 4) is 5.69 Å². The molecule has 1 saturated carbocycles. The summed E-state index contributed by atoms with van der Waals surface area (Å²) in [7, 11) is 0. The van der Waals surface area contributed by atoms with Gasteiger partial charge in [-0.2, -0.15) is 0 Å². The summed E-state index contributed by atoms with van der Waals surface area (Å²) >= 11 is 6.13. The van der Waals surface area contributed by atoms with Gasteiger partial charge in [0.25, 0.3) is 0 Å². The van der Waals surface area contributed by atoms with Gasteiger partial charge >= 0.3 is 6.09 Å². The molecule has 0 radical (unpaired) electrons. The predicted molar refractivity (Wildman–Crippen MR) is 104 cm³/mol. The van der Waals surface area contributed by atoms with Crippen LogP contribution in [0.4, 0.5) is 4.79 Å². The van der Waals surface area contributed by atoms with Gasteiger partial charge in [-0.15, -0.1) is 5.10 Å². The van der Waals surface area contributed by atoms with Gasteiger partial charge in [-0.1, -0.05) is 11.6 Å². The topological polar surface area (TPSA) is 102 Å². The van der Waals surface area contributed by atoms with Crippen LogP contribution >= 0.6 is 11.6 Å². The number of rotatable bonds is 4. The van der Waals surface area contributed by atoms with E-state index in [9.17, 15) is 9.59 Å². The summed E-state index contributed by atoms with van der Waals surface area (Å²) in [5.74, 6) is 0.173. The molecule has 3 atom stereocenters. The number of nitrogens with zero attached hydrogens (tertiary/aromatic N) is 5. The van der Waals surface area contributed by atoms with Crippen molar-refractivity contribution in [2.45, 2.75) is 57.8 Å². The molecule has 29 heavy (non-hydrogen) atoms. The molecule has 0 spiro atoms. The van der Waals surface area contributed by atoms with Crippen LogP contribution in [0.5, 0.6) is 0 Å². The molecule has 2 aliphatic rings. The van der Waals surface area contributed by atoms with E-state index in [0.29, 0.717) is 17.4 Å². The summed E-state index contributed by atoms with van der Waals surface area (Å²) in [6.07, 6.45) is 2.63. The highest BCUT2D eigenvalue weighted by Gasteiger charge is 2.57. The molecule has 10 heteroatoms. The summed E-state index contributed by atoms with van der Waals surface area (Å²) in [4.78, 5) is 27.1. The minimum absolute atomic E-state index is 0.101. The molecule has 1 N–H and O–H groups in total. The average molecular weight is 419 g/mol. The second-order valence-corrected chi connectivity index (χ2v) is 8.88. The molecular weight excluding hydrogens is 396 g/mol. The molecule has 2 heterocycles. The Labute approximate surface area is 173 Å². The number of amides is 2. The Hall–Kier alpha value is -2.68. The van der Waals surface area contributed by atoms with Crippen LogP contribution < -0.4 is 5.32 Å². The summed E-state index contributed by atoms with van der Waals surface area (Å²) < 4.78 is 7.02. The standard InChI is InChI=1S/C19H23ClN6O3/c1-19(2,3)29-18(28)26-15-7-11(15)8-16(26)17(27)21-9-12-6-13(20)4-5-14(12)25-10-22-23-24-25/h4-6,10-11,15-16H,7-9H2,1-3H3,(H,21,27)/t11-,15?,16-/m0/s1. The van der Waals surface area contributed by atoms with Crippen molar-refractivity contribution in [2.24, 2.45) is 5.92 Å². The van der Waals surface area contributed by atoms with Crippen molar-refractivity contribution in [2.75, 3.05) is 0 Å². The Kier molecular flexibility index (Phi) is 4.94. The summed E-state index contributed by atoms with van der Waals surface area (Å²) in [6, 6.07) is 4.86. The Bertz CT molecular complexity index is 927. The third kappa shape index (κ3) is 4.19. The smallest absolute Gasteiger partial charge is 0.411 e. The number of carbonyl (C=O) groups is 2. The molecule has 2 fully saturated rings. The minimum Gasteiger partial charge on any atom is -0.444 e. The maximum absolute atomic E-state index is 12.9. The van der Waals surface area contributed by atoms with E-state index in [-0.39, 0.29) is 18.5 Å². The van der Waals surface area contributed by atoms with Gasteiger partial charge in [0.05, 0.1) is 5.69 Å². The van der Waals surface area contributed by atoms with Gasteiger partial charge in [-0.05, 0) is 73.7 Å². The van der Waals surface area contributed by atoms with Gasteiger partial charge < -0.3 is 10.1 Å². The van der Waals surface area contributed by atoms with Gasteiger partial charge in [0, 0.05) is 17.6 Å². The number of benzene rings is 1. The third-order valence-corrected chi connectivity index (χ3v) is 5.34. The van der Waals surface area contributed by atoms with Crippen LogP contribution in [0.2, 0.25) is 5.02 Å². The van der Waals surface area contributed by atoms with Crippen LogP contribution in [0.15, 0.2) is 24.5 Å². The van der Waals surface area contributed by atoms with Gasteiger partial charge in [-0.3, -0.25) is 9.69 Å². The number of hydrogen-bond acceptors (Lipinski definition) is 6. The van der Waals surface area contributed by atoms with E-state index in [2.05, 4.69) is 20.8 Å². The fourth-order valence-corrected chi connectivity index (χ4v) is 3.95. The van der Waals surface area contributed by atoms with Crippen molar-refractivity contribution in [1.82, 2.24) is 30.4 Å². The first-order valence-electron chi connectivity index (χ1n) is 9.54. The quantitative estimate of drug-likeness (QED) is 0.817. The minimum atomic E-state index is -0.605. The van der Waals surface area contributed by atoms with Crippen LogP contribution in [-0.4, -0.2) is 54.8 Å². The number of fused-ring (bicyclic) bond motifs is 1. The largest absolute Gasteiger partial charge is 0.444 e. The monoisotopic (exact) mass is 418 g/mol. The zero-order valence-electron chi connectivity index (χ0n) is 16.5. The number of tetrazole rings is 1. The fraction of sp³-hybridized carbons (Fsp3) is 0.526. The predicted octanol–water partition coefficient (Wildman–Crippen LogP) is 2.33. The number of nitrogens with one attached hydrogen (secondary N) is 1. The van der Waals surface area contributed by atoms with Gasteiger partial charge in [0.1, 0.15) is 18.0 Å². The highest BCUT2D eigenvalue weighted by molar-refractivity contribution is 6.30. The van der Waals surface area contributed by atoms with Crippen molar-refractivity contribution in [3.63, 3.8) is 0 Å². The summed E-state index contributed by atoms with van der Waals surface area (Å²) in [5.41, 5.74) is 0.884. The first kappa shape index (κ1) is 19.6. The molecular formula is C19H23ClN6O3. The molecule has 2 aromatic rings. The van der Waals surface area contributed by atoms with Crippen LogP contribution in [0, 0.1) is 5.92 Å². The van der Waals surface area contributed by atoms with Crippen molar-refractivity contribution in [1.29, 1.82) is 0 Å². The lowest BCUT2D eigenvalue weighted by Gasteiger charge is -2.30. The van der Waals surface area contributed by atoms with Crippen molar-refractivity contribution in [3.05, 3.63) is 35.1 Å². The Balaban J connectivity index is 1.46. The molecule has 1 aromatic heterocycles. The zero-order chi connectivity index (χ0) is 20.8. The number of piperidine rings is 1. The molecule has 2 amide bonds. The average Bonchev–Trinajstić information content (AvgIpc) is 3.06. The van der Waals surface area contributed by atoms with Crippen LogP contribution in [-0.2, 0) is 16.1 Å². The lowest BCUT2D eigenvalue weighted by molar-refractivity contribution is -0.126. The molecule has 9 nitrogen and oxygen atoms in total. The maximum Gasteiger partial charge on any atom is 0.411 e. The van der Waals surface area contributed by atoms with E-state index < -0.39 is 17.7 Å². The number of carbonyl (C=O) groups excluding carboxylic acids is 2. The van der Waals surface area contributed by atoms with E-state index in [1.54, 1.807) is 23.1 Å². The van der Waals surface area contributed by atoms with E-state index in [1.807, 2.05) is 20.8 Å². The Morgan fingerprint density at radius 1 is 1.31 bits per heavy atom. The molecule has 1 aromatic carbocycles. The molecule has 4 rings (SSSR count). The van der Waals surface area contributed by atoms with Crippen molar-refractivity contribution >= 4 is 23.6 Å². The van der Waals surface area contributed by atoms with Crippen LogP contribution in [0.3, 0.4) is 0 Å². The highest BCUT2D eigenvalue weighted by Crippen LogP contribution is 2.48. The van der Waals surface area contributed by atoms with Crippen LogP contribution in [0.25, 0.3) is 5.69 Å². The Morgan fingerprint density at radius 2 is 2.10 bits per heavy atom. The SMILES string of the molecule is CC(C)(C)OC(=O)N1C2C[C@H]2C[C@H]1C(=O)NCc1cc(Cl)ccc1-n1cnnn1. The van der Waals surface area contributed by atoms with Gasteiger partial charge in [-0.25, -0.2) is 9.48 Å². The second kappa shape index (κ2) is 7.29. The first-order valence-corrected chi connectivity index (χ1v) is 9.91. The Morgan fingerprint density at radius 3 is 2.79 bits per heavy atom. The van der Waals surface area contributed by atoms with E-state index in [4.69, 9.17) is 16.3 Å². The lowest BCUT2D eigenvalue weighted by Crippen LogP contribution is -2.49. The third-order valence-electron chi connectivity index (χ3n) is 5.10. The normalized spacial score (nSPS) is 22.9. The number of ether oxygens (including phenoxy) is 1. The maximum atomic E-state index is 12.9. The lowest BCUT2D eigenvalue weighted by atomic mass is 10.1. The molecule has 1 aliphatic heterocycles. The second-order valence-electron chi connectivity index (χ2n) is 8.45. The first-order chi connectivity index (χ1) is 13.7. The van der Waals surface area contributed by atoms with Crippen LogP contribution in [0.1, 0.15) is 39.2 Å². The summed E-state index contributed by atoms with van der Waals surface area (Å²) in [5, 5.41) is 14.7. The fourth-order valence-electron chi connectivity index (χ4n) is 3.76. The highest BCUT2D eigenvalue weighted by atomic mass is 35.5. The van der Waals surface area contributed by atoms with E-state index in [1.165, 1.54) is 11.0 Å². The molecule has 154 valence electrons. The van der Waals surface area contributed by atoms with E-state index in [0.717, 1.165) is 17.7 Å². The number of likely N-dealkylation sites (tertiary alicyclic amines) is 1. The molecule has 1 saturated heterocycles. The van der Waals surface area contributed by atoms with E-state index >= 15 is 0 Å². The number of halogens is 1.